The molecule has 1 heteroatoms. The van der Waals surface area contributed by atoms with E-state index >= 15 is 0 Å². The number of phenols is 1. The normalized spacial score (nSPS) is 12.9. The maximum absolute atomic E-state index is 10.5. The minimum absolute atomic E-state index is 0.211. The maximum atomic E-state index is 10.5. The maximum Gasteiger partial charge on any atom is 0.119 e. The predicted molar refractivity (Wildman–Crippen MR) is 113 cm³/mol. The lowest BCUT2D eigenvalue weighted by molar-refractivity contribution is 0.450. The van der Waals surface area contributed by atoms with E-state index in [0.29, 0.717) is 11.7 Å². The lowest BCUT2D eigenvalue weighted by atomic mass is 9.72. The van der Waals surface area contributed by atoms with Crippen LogP contribution in [0.5, 0.6) is 5.75 Å². The molecular weight excluding hydrogens is 316 g/mol. The molecule has 1 nitrogen and oxygen atoms in total. The highest BCUT2D eigenvalue weighted by Crippen LogP contribution is 2.41. The van der Waals surface area contributed by atoms with Crippen LogP contribution < -0.4 is 0 Å². The van der Waals surface area contributed by atoms with Gasteiger partial charge >= 0.3 is 0 Å². The van der Waals surface area contributed by atoms with Crippen LogP contribution in [0.15, 0.2) is 48.5 Å². The Labute approximate surface area is 160 Å². The van der Waals surface area contributed by atoms with E-state index in [1.54, 1.807) is 6.07 Å². The fraction of sp³-hybridized carbons (Fsp3) is 0.520. The number of hydrogen-bond donors (Lipinski definition) is 1. The molecule has 0 heterocycles. The molecule has 0 fully saturated rings. The molecule has 2 aromatic rings. The van der Waals surface area contributed by atoms with Gasteiger partial charge in [0.05, 0.1) is 0 Å². The van der Waals surface area contributed by atoms with Crippen molar-refractivity contribution in [2.75, 3.05) is 0 Å². The second-order valence-electron chi connectivity index (χ2n) is 8.06. The Morgan fingerprint density at radius 1 is 0.769 bits per heavy atom. The summed E-state index contributed by atoms with van der Waals surface area (Å²) in [6, 6.07) is 16.7. The SMILES string of the molecule is CCCCCC(CCCC)c1ccccc1C(C)(C)c1ccccc1O. The van der Waals surface area contributed by atoms with Gasteiger partial charge in [0.25, 0.3) is 0 Å². The van der Waals surface area contributed by atoms with Crippen molar-refractivity contribution in [3.8, 4) is 5.75 Å². The Kier molecular flexibility index (Phi) is 7.75. The van der Waals surface area contributed by atoms with Gasteiger partial charge in [-0.3, -0.25) is 0 Å². The van der Waals surface area contributed by atoms with Crippen LogP contribution in [-0.2, 0) is 5.41 Å². The zero-order valence-corrected chi connectivity index (χ0v) is 17.1. The molecule has 0 aliphatic rings. The van der Waals surface area contributed by atoms with Gasteiger partial charge in [0.15, 0.2) is 0 Å². The summed E-state index contributed by atoms with van der Waals surface area (Å²) in [6.45, 7) is 9.03. The number of aromatic hydroxyl groups is 1. The Morgan fingerprint density at radius 2 is 1.35 bits per heavy atom. The highest BCUT2D eigenvalue weighted by atomic mass is 16.3. The summed E-state index contributed by atoms with van der Waals surface area (Å²) in [5.74, 6) is 1.01. The van der Waals surface area contributed by atoms with E-state index in [9.17, 15) is 5.11 Å². The predicted octanol–water partition coefficient (Wildman–Crippen LogP) is 7.57. The Bertz CT molecular complexity index is 671. The van der Waals surface area contributed by atoms with E-state index in [-0.39, 0.29) is 5.41 Å². The average molecular weight is 353 g/mol. The molecule has 1 unspecified atom stereocenters. The van der Waals surface area contributed by atoms with Crippen molar-refractivity contribution >= 4 is 0 Å². The van der Waals surface area contributed by atoms with Crippen LogP contribution in [0.3, 0.4) is 0 Å². The van der Waals surface area contributed by atoms with Crippen molar-refractivity contribution < 1.29 is 5.11 Å². The number of phenolic OH excluding ortho intramolecular Hbond substituents is 1. The molecule has 0 bridgehead atoms. The van der Waals surface area contributed by atoms with Gasteiger partial charge in [-0.2, -0.15) is 0 Å². The molecule has 0 amide bonds. The molecule has 2 aromatic carbocycles. The van der Waals surface area contributed by atoms with Crippen LogP contribution in [0.4, 0.5) is 0 Å². The Hall–Kier alpha value is -1.76. The largest absolute Gasteiger partial charge is 0.508 e. The number of unbranched alkanes of at least 4 members (excludes halogenated alkanes) is 3. The molecule has 1 atom stereocenters. The van der Waals surface area contributed by atoms with Gasteiger partial charge in [-0.15, -0.1) is 0 Å². The van der Waals surface area contributed by atoms with Crippen LogP contribution in [0, 0.1) is 0 Å². The minimum atomic E-state index is -0.211. The highest BCUT2D eigenvalue weighted by molar-refractivity contribution is 5.48. The lowest BCUT2D eigenvalue weighted by Crippen LogP contribution is -2.22. The summed E-state index contributed by atoms with van der Waals surface area (Å²) in [5.41, 5.74) is 3.64. The quantitative estimate of drug-likeness (QED) is 0.437. The van der Waals surface area contributed by atoms with Gasteiger partial charge in [0.2, 0.25) is 0 Å². The van der Waals surface area contributed by atoms with Crippen LogP contribution >= 0.6 is 0 Å². The summed E-state index contributed by atoms with van der Waals surface area (Å²) < 4.78 is 0. The lowest BCUT2D eigenvalue weighted by Gasteiger charge is -2.32. The van der Waals surface area contributed by atoms with Crippen molar-refractivity contribution in [1.29, 1.82) is 0 Å². The van der Waals surface area contributed by atoms with Crippen molar-refractivity contribution in [2.45, 2.75) is 84.0 Å². The summed E-state index contributed by atoms with van der Waals surface area (Å²) in [7, 11) is 0. The van der Waals surface area contributed by atoms with Gasteiger partial charge in [-0.05, 0) is 36.0 Å². The molecule has 0 saturated carbocycles. The minimum Gasteiger partial charge on any atom is -0.508 e. The molecule has 0 aliphatic carbocycles. The van der Waals surface area contributed by atoms with E-state index in [2.05, 4.69) is 58.0 Å². The van der Waals surface area contributed by atoms with Crippen LogP contribution in [-0.4, -0.2) is 5.11 Å². The van der Waals surface area contributed by atoms with Crippen molar-refractivity contribution in [3.63, 3.8) is 0 Å². The molecule has 0 spiro atoms. The molecule has 0 aliphatic heterocycles. The van der Waals surface area contributed by atoms with Crippen LogP contribution in [0.1, 0.15) is 95.2 Å². The number of para-hydroxylation sites is 1. The Morgan fingerprint density at radius 3 is 2.00 bits per heavy atom. The van der Waals surface area contributed by atoms with Crippen LogP contribution in [0.2, 0.25) is 0 Å². The third-order valence-corrected chi connectivity index (χ3v) is 5.71. The topological polar surface area (TPSA) is 20.2 Å². The van der Waals surface area contributed by atoms with Gasteiger partial charge in [0.1, 0.15) is 5.75 Å². The van der Waals surface area contributed by atoms with E-state index in [4.69, 9.17) is 0 Å². The number of hydrogen-bond acceptors (Lipinski definition) is 1. The van der Waals surface area contributed by atoms with E-state index in [1.165, 1.54) is 56.1 Å². The van der Waals surface area contributed by atoms with E-state index < -0.39 is 0 Å². The average Bonchev–Trinajstić information content (AvgIpc) is 2.65. The summed E-state index contributed by atoms with van der Waals surface area (Å²) in [5, 5.41) is 10.5. The number of rotatable bonds is 10. The third-order valence-electron chi connectivity index (χ3n) is 5.71. The summed E-state index contributed by atoms with van der Waals surface area (Å²) in [6.07, 6.45) is 8.93. The van der Waals surface area contributed by atoms with Crippen molar-refractivity contribution in [2.24, 2.45) is 0 Å². The van der Waals surface area contributed by atoms with Crippen molar-refractivity contribution in [1.82, 2.24) is 0 Å². The fourth-order valence-corrected chi connectivity index (χ4v) is 4.12. The van der Waals surface area contributed by atoms with Crippen LogP contribution in [0.25, 0.3) is 0 Å². The first-order valence-corrected chi connectivity index (χ1v) is 10.4. The number of benzene rings is 2. The molecule has 26 heavy (non-hydrogen) atoms. The van der Waals surface area contributed by atoms with Gasteiger partial charge < -0.3 is 5.11 Å². The standard InChI is InChI=1S/C25H36O/c1-5-7-9-15-20(14-8-6-2)21-16-10-11-17-22(21)25(3,4)23-18-12-13-19-24(23)26/h10-13,16-20,26H,5-9,14-15H2,1-4H3. The monoisotopic (exact) mass is 352 g/mol. The van der Waals surface area contributed by atoms with Gasteiger partial charge in [0, 0.05) is 11.0 Å². The van der Waals surface area contributed by atoms with E-state index in [1.807, 2.05) is 12.1 Å². The highest BCUT2D eigenvalue weighted by Gasteiger charge is 2.30. The van der Waals surface area contributed by atoms with E-state index in [0.717, 1.165) is 5.56 Å². The van der Waals surface area contributed by atoms with Crippen molar-refractivity contribution in [3.05, 3.63) is 65.2 Å². The second-order valence-corrected chi connectivity index (χ2v) is 8.06. The smallest absolute Gasteiger partial charge is 0.119 e. The molecule has 1 N–H and O–H groups in total. The molecule has 0 radical (unpaired) electrons. The third kappa shape index (κ3) is 4.90. The molecule has 142 valence electrons. The molecule has 0 aromatic heterocycles. The van der Waals surface area contributed by atoms with Gasteiger partial charge in [-0.25, -0.2) is 0 Å². The van der Waals surface area contributed by atoms with Gasteiger partial charge in [-0.1, -0.05) is 102 Å². The zero-order valence-electron chi connectivity index (χ0n) is 17.1. The first kappa shape index (κ1) is 20.6. The molecule has 0 saturated heterocycles. The first-order chi connectivity index (χ1) is 12.5. The Balaban J connectivity index is 2.42. The zero-order chi connectivity index (χ0) is 19.0. The fourth-order valence-electron chi connectivity index (χ4n) is 4.12. The molecule has 2 rings (SSSR count). The second kappa shape index (κ2) is 9.80. The first-order valence-electron chi connectivity index (χ1n) is 10.4. The summed E-state index contributed by atoms with van der Waals surface area (Å²) in [4.78, 5) is 0. The summed E-state index contributed by atoms with van der Waals surface area (Å²) >= 11 is 0. The molecular formula is C25H36O.